The molecule has 0 heterocycles. The number of halogens is 5. The third kappa shape index (κ3) is 2.86. The first-order valence-electron chi connectivity index (χ1n) is 3.82. The minimum absolute atomic E-state index is 0.514. The van der Waals surface area contributed by atoms with Crippen molar-refractivity contribution < 1.29 is 18.0 Å². The molecule has 0 aliphatic carbocycles. The zero-order chi connectivity index (χ0) is 11.6. The van der Waals surface area contributed by atoms with Gasteiger partial charge in [-0.15, -0.1) is 0 Å². The van der Waals surface area contributed by atoms with Gasteiger partial charge in [0.15, 0.2) is 10.6 Å². The zero-order valence-corrected chi connectivity index (χ0v) is 8.70. The van der Waals surface area contributed by atoms with Gasteiger partial charge in [-0.1, -0.05) is 41.4 Å². The van der Waals surface area contributed by atoms with Gasteiger partial charge in [0.25, 0.3) is 0 Å². The molecule has 1 aromatic carbocycles. The molecule has 0 unspecified atom stereocenters. The second-order valence-electron chi connectivity index (χ2n) is 2.71. The first kappa shape index (κ1) is 12.3. The van der Waals surface area contributed by atoms with Crippen LogP contribution in [0.2, 0.25) is 0 Å². The largest absolute Gasteiger partial charge is 0.417 e. The first-order chi connectivity index (χ1) is 6.84. The molecule has 0 atom stereocenters. The highest BCUT2D eigenvalue weighted by atomic mass is 35.5. The summed E-state index contributed by atoms with van der Waals surface area (Å²) >= 11 is 10.5. The van der Waals surface area contributed by atoms with Crippen LogP contribution in [0.1, 0.15) is 15.9 Å². The van der Waals surface area contributed by atoms with Gasteiger partial charge in [-0.3, -0.25) is 4.79 Å². The summed E-state index contributed by atoms with van der Waals surface area (Å²) in [4.78, 5) is 9.76. The quantitative estimate of drug-likeness (QED) is 0.583. The number of hydrogen-bond acceptors (Lipinski definition) is 1. The summed E-state index contributed by atoms with van der Waals surface area (Å²) in [5.41, 5.74) is -1.54. The third-order valence-corrected chi connectivity index (χ3v) is 2.09. The van der Waals surface area contributed by atoms with Crippen molar-refractivity contribution in [3.63, 3.8) is 0 Å². The van der Waals surface area contributed by atoms with Gasteiger partial charge in [0, 0.05) is 5.56 Å². The van der Waals surface area contributed by atoms with E-state index in [1.807, 2.05) is 0 Å². The van der Waals surface area contributed by atoms with Crippen LogP contribution in [-0.4, -0.2) is 10.6 Å². The van der Waals surface area contributed by atoms with Crippen LogP contribution < -0.4 is 0 Å². The molecule has 1 aromatic rings. The molecule has 0 radical (unpaired) electrons. The Balaban J connectivity index is 3.25. The number of carbonyl (C=O) groups is 1. The van der Waals surface area contributed by atoms with Gasteiger partial charge in [-0.2, -0.15) is 13.2 Å². The van der Waals surface area contributed by atoms with E-state index < -0.39 is 27.9 Å². The lowest BCUT2D eigenvalue weighted by molar-refractivity contribution is -0.137. The van der Waals surface area contributed by atoms with Gasteiger partial charge in [-0.05, 0) is 6.07 Å². The van der Waals surface area contributed by atoms with Crippen molar-refractivity contribution in [2.24, 2.45) is 0 Å². The van der Waals surface area contributed by atoms with E-state index in [4.69, 9.17) is 23.2 Å². The Morgan fingerprint density at radius 3 is 2.20 bits per heavy atom. The van der Waals surface area contributed by atoms with E-state index >= 15 is 0 Å². The summed E-state index contributed by atoms with van der Waals surface area (Å²) in [5, 5.41) is 0. The molecule has 0 amide bonds. The molecule has 1 nitrogen and oxygen atoms in total. The van der Waals surface area contributed by atoms with E-state index in [9.17, 15) is 18.0 Å². The molecule has 1 rings (SSSR count). The van der Waals surface area contributed by atoms with Crippen LogP contribution in [0, 0.1) is 0 Å². The molecule has 15 heavy (non-hydrogen) atoms. The highest BCUT2D eigenvalue weighted by Gasteiger charge is 2.35. The topological polar surface area (TPSA) is 17.1 Å². The average Bonchev–Trinajstić information content (AvgIpc) is 2.15. The van der Waals surface area contributed by atoms with E-state index in [-0.39, 0.29) is 0 Å². The van der Waals surface area contributed by atoms with Gasteiger partial charge < -0.3 is 0 Å². The number of ketones is 1. The highest BCUT2D eigenvalue weighted by Crippen LogP contribution is 2.32. The Morgan fingerprint density at radius 2 is 1.73 bits per heavy atom. The van der Waals surface area contributed by atoms with Crippen LogP contribution in [0.25, 0.3) is 0 Å². The minimum atomic E-state index is -4.59. The molecule has 0 spiro atoms. The number of Topliss-reactive ketones (excluding diaryl/α,β-unsaturated/α-hetero) is 1. The smallest absolute Gasteiger partial charge is 0.291 e. The van der Waals surface area contributed by atoms with Crippen LogP contribution >= 0.6 is 23.2 Å². The minimum Gasteiger partial charge on any atom is -0.291 e. The normalized spacial score (nSPS) is 11.9. The molecule has 0 saturated heterocycles. The maximum Gasteiger partial charge on any atom is 0.417 e. The molecular formula is C9H5Cl2F3O. The van der Waals surface area contributed by atoms with Crippen LogP contribution in [0.5, 0.6) is 0 Å². The van der Waals surface area contributed by atoms with Crippen molar-refractivity contribution in [3.8, 4) is 0 Å². The molecule has 0 saturated carbocycles. The van der Waals surface area contributed by atoms with Gasteiger partial charge in [0.05, 0.1) is 5.56 Å². The molecule has 0 aromatic heterocycles. The lowest BCUT2D eigenvalue weighted by Crippen LogP contribution is -2.16. The Morgan fingerprint density at radius 1 is 1.20 bits per heavy atom. The van der Waals surface area contributed by atoms with Crippen LogP contribution in [0.4, 0.5) is 13.2 Å². The highest BCUT2D eigenvalue weighted by molar-refractivity contribution is 6.55. The zero-order valence-electron chi connectivity index (χ0n) is 7.18. The maximum atomic E-state index is 12.4. The SMILES string of the molecule is O=C(c1ccccc1C(F)(F)F)C(Cl)Cl. The van der Waals surface area contributed by atoms with Gasteiger partial charge in [-0.25, -0.2) is 0 Å². The molecule has 0 aliphatic rings. The fourth-order valence-corrected chi connectivity index (χ4v) is 1.30. The standard InChI is InChI=1S/C9H5Cl2F3O/c10-8(11)7(15)5-3-1-2-4-6(5)9(12,13)14/h1-4,8H. The van der Waals surface area contributed by atoms with Gasteiger partial charge in [0.1, 0.15) is 0 Å². The molecule has 6 heteroatoms. The van der Waals surface area contributed by atoms with E-state index in [0.717, 1.165) is 12.1 Å². The fourth-order valence-electron chi connectivity index (χ4n) is 1.06. The molecular weight excluding hydrogens is 252 g/mol. The average molecular weight is 257 g/mol. The van der Waals surface area contributed by atoms with Crippen molar-refractivity contribution in [1.29, 1.82) is 0 Å². The van der Waals surface area contributed by atoms with Crippen molar-refractivity contribution in [2.45, 2.75) is 11.0 Å². The Hall–Kier alpha value is -0.740. The summed E-state index contributed by atoms with van der Waals surface area (Å²) < 4.78 is 37.3. The van der Waals surface area contributed by atoms with Crippen molar-refractivity contribution >= 4 is 29.0 Å². The van der Waals surface area contributed by atoms with Crippen molar-refractivity contribution in [2.75, 3.05) is 0 Å². The maximum absolute atomic E-state index is 12.4. The van der Waals surface area contributed by atoms with Crippen LogP contribution in [0.15, 0.2) is 24.3 Å². The van der Waals surface area contributed by atoms with E-state index in [0.29, 0.717) is 0 Å². The summed E-state index contributed by atoms with van der Waals surface area (Å²) in [6, 6.07) is 4.36. The van der Waals surface area contributed by atoms with Gasteiger partial charge in [0.2, 0.25) is 0 Å². The molecule has 0 aliphatic heterocycles. The Kier molecular flexibility index (Phi) is 3.62. The lowest BCUT2D eigenvalue weighted by Gasteiger charge is -2.11. The fraction of sp³-hybridized carbons (Fsp3) is 0.222. The number of hydrogen-bond donors (Lipinski definition) is 0. The van der Waals surface area contributed by atoms with Gasteiger partial charge >= 0.3 is 6.18 Å². The molecule has 0 bridgehead atoms. The summed E-state index contributed by atoms with van der Waals surface area (Å²) in [6.45, 7) is 0. The third-order valence-electron chi connectivity index (χ3n) is 1.70. The Bertz CT molecular complexity index is 374. The second-order valence-corrected chi connectivity index (χ2v) is 3.80. The monoisotopic (exact) mass is 256 g/mol. The van der Waals surface area contributed by atoms with E-state index in [2.05, 4.69) is 0 Å². The van der Waals surface area contributed by atoms with Crippen LogP contribution in [0.3, 0.4) is 0 Å². The first-order valence-corrected chi connectivity index (χ1v) is 4.70. The van der Waals surface area contributed by atoms with Crippen molar-refractivity contribution in [1.82, 2.24) is 0 Å². The summed E-state index contributed by atoms with van der Waals surface area (Å²) in [7, 11) is 0. The number of rotatable bonds is 2. The summed E-state index contributed by atoms with van der Waals surface area (Å²) in [5.74, 6) is -0.953. The van der Waals surface area contributed by atoms with E-state index in [1.54, 1.807) is 0 Å². The summed E-state index contributed by atoms with van der Waals surface area (Å²) in [6.07, 6.45) is -4.59. The molecule has 82 valence electrons. The predicted molar refractivity (Wildman–Crippen MR) is 51.3 cm³/mol. The molecule has 0 fully saturated rings. The van der Waals surface area contributed by atoms with Crippen LogP contribution in [-0.2, 0) is 6.18 Å². The Labute approximate surface area is 93.8 Å². The number of benzene rings is 1. The van der Waals surface area contributed by atoms with Crippen molar-refractivity contribution in [3.05, 3.63) is 35.4 Å². The van der Waals surface area contributed by atoms with E-state index in [1.165, 1.54) is 12.1 Å². The number of alkyl halides is 5. The lowest BCUT2D eigenvalue weighted by atomic mass is 10.0. The predicted octanol–water partition coefficient (Wildman–Crippen LogP) is 3.69. The molecule has 0 N–H and O–H groups in total. The second kappa shape index (κ2) is 4.41. The number of carbonyl (C=O) groups excluding carboxylic acids is 1.